The van der Waals surface area contributed by atoms with E-state index in [4.69, 9.17) is 9.47 Å². The standard InChI is InChI=1S/C19H22N2O6S/c1-13(22)14-4-7-16(8-5-14)21-19(23)15-6-9-17(27-3)18(12-15)28(24,25)20-10-11-26-2/h4-9,12,20H,10-11H2,1-3H3,(H,21,23). The molecule has 2 aromatic rings. The number of ether oxygens (including phenoxy) is 2. The highest BCUT2D eigenvalue weighted by Crippen LogP contribution is 2.25. The molecule has 0 heterocycles. The first-order valence-corrected chi connectivity index (χ1v) is 9.86. The number of nitrogens with one attached hydrogen (secondary N) is 2. The predicted molar refractivity (Wildman–Crippen MR) is 104 cm³/mol. The highest BCUT2D eigenvalue weighted by atomic mass is 32.2. The third-order valence-corrected chi connectivity index (χ3v) is 5.35. The van der Waals surface area contributed by atoms with E-state index < -0.39 is 15.9 Å². The average Bonchev–Trinajstić information content (AvgIpc) is 2.68. The van der Waals surface area contributed by atoms with E-state index in [9.17, 15) is 18.0 Å². The fourth-order valence-corrected chi connectivity index (χ4v) is 3.58. The average molecular weight is 406 g/mol. The monoisotopic (exact) mass is 406 g/mol. The van der Waals surface area contributed by atoms with Crippen LogP contribution < -0.4 is 14.8 Å². The van der Waals surface area contributed by atoms with E-state index in [-0.39, 0.29) is 35.1 Å². The molecule has 150 valence electrons. The molecule has 2 rings (SSSR count). The Bertz CT molecular complexity index is 955. The number of methoxy groups -OCH3 is 2. The van der Waals surface area contributed by atoms with Crippen molar-refractivity contribution in [1.82, 2.24) is 4.72 Å². The molecule has 8 nitrogen and oxygen atoms in total. The number of hydrogen-bond acceptors (Lipinski definition) is 6. The van der Waals surface area contributed by atoms with Crippen molar-refractivity contribution >= 4 is 27.4 Å². The van der Waals surface area contributed by atoms with Gasteiger partial charge in [-0.1, -0.05) is 0 Å². The molecule has 0 fully saturated rings. The lowest BCUT2D eigenvalue weighted by Crippen LogP contribution is -2.28. The molecule has 0 saturated carbocycles. The van der Waals surface area contributed by atoms with Gasteiger partial charge in [0.05, 0.1) is 13.7 Å². The van der Waals surface area contributed by atoms with Crippen LogP contribution in [0.2, 0.25) is 0 Å². The lowest BCUT2D eigenvalue weighted by molar-refractivity contribution is 0.101. The van der Waals surface area contributed by atoms with Crippen molar-refractivity contribution in [3.05, 3.63) is 53.6 Å². The van der Waals surface area contributed by atoms with E-state index in [0.29, 0.717) is 11.3 Å². The van der Waals surface area contributed by atoms with E-state index in [1.807, 2.05) is 0 Å². The van der Waals surface area contributed by atoms with Gasteiger partial charge in [0.25, 0.3) is 5.91 Å². The van der Waals surface area contributed by atoms with Crippen LogP contribution in [0.15, 0.2) is 47.4 Å². The smallest absolute Gasteiger partial charge is 0.255 e. The summed E-state index contributed by atoms with van der Waals surface area (Å²) in [5.41, 5.74) is 1.15. The fraction of sp³-hybridized carbons (Fsp3) is 0.263. The van der Waals surface area contributed by atoms with Crippen LogP contribution in [0.4, 0.5) is 5.69 Å². The zero-order valence-electron chi connectivity index (χ0n) is 15.8. The first kappa shape index (κ1) is 21.5. The van der Waals surface area contributed by atoms with Gasteiger partial charge in [-0.15, -0.1) is 0 Å². The highest BCUT2D eigenvalue weighted by Gasteiger charge is 2.21. The van der Waals surface area contributed by atoms with Crippen molar-refractivity contribution in [3.8, 4) is 5.75 Å². The number of hydrogen-bond donors (Lipinski definition) is 2. The van der Waals surface area contributed by atoms with Crippen LogP contribution in [0.25, 0.3) is 0 Å². The molecule has 1 amide bonds. The summed E-state index contributed by atoms with van der Waals surface area (Å²) in [6.07, 6.45) is 0. The quantitative estimate of drug-likeness (QED) is 0.487. The van der Waals surface area contributed by atoms with Gasteiger partial charge in [0.1, 0.15) is 10.6 Å². The first-order chi connectivity index (χ1) is 13.3. The Morgan fingerprint density at radius 2 is 1.64 bits per heavy atom. The fourth-order valence-electron chi connectivity index (χ4n) is 2.38. The van der Waals surface area contributed by atoms with Gasteiger partial charge in [0.15, 0.2) is 5.78 Å². The number of Topliss-reactive ketones (excluding diaryl/α,β-unsaturated/α-hetero) is 1. The first-order valence-electron chi connectivity index (χ1n) is 8.37. The summed E-state index contributed by atoms with van der Waals surface area (Å²) in [6.45, 7) is 1.74. The summed E-state index contributed by atoms with van der Waals surface area (Å²) >= 11 is 0. The number of carbonyl (C=O) groups is 2. The minimum Gasteiger partial charge on any atom is -0.495 e. The molecule has 9 heteroatoms. The summed E-state index contributed by atoms with van der Waals surface area (Å²) in [4.78, 5) is 23.7. The summed E-state index contributed by atoms with van der Waals surface area (Å²) in [7, 11) is -1.08. The maximum atomic E-state index is 12.5. The topological polar surface area (TPSA) is 111 Å². The van der Waals surface area contributed by atoms with Crippen LogP contribution in [-0.4, -0.2) is 47.5 Å². The molecule has 0 aliphatic heterocycles. The molecular formula is C19H22N2O6S. The van der Waals surface area contributed by atoms with Crippen molar-refractivity contribution in [2.45, 2.75) is 11.8 Å². The van der Waals surface area contributed by atoms with Crippen molar-refractivity contribution in [2.75, 3.05) is 32.7 Å². The molecule has 0 aliphatic rings. The molecule has 2 aromatic carbocycles. The van der Waals surface area contributed by atoms with E-state index in [2.05, 4.69) is 10.0 Å². The van der Waals surface area contributed by atoms with Gasteiger partial charge in [-0.2, -0.15) is 0 Å². The van der Waals surface area contributed by atoms with Crippen LogP contribution in [-0.2, 0) is 14.8 Å². The van der Waals surface area contributed by atoms with Gasteiger partial charge in [-0.3, -0.25) is 9.59 Å². The van der Waals surface area contributed by atoms with E-state index in [0.717, 1.165) is 0 Å². The second kappa shape index (κ2) is 9.45. The number of amides is 1. The third kappa shape index (κ3) is 5.38. The maximum Gasteiger partial charge on any atom is 0.255 e. The van der Waals surface area contributed by atoms with Gasteiger partial charge in [0, 0.05) is 30.5 Å². The number of sulfonamides is 1. The largest absolute Gasteiger partial charge is 0.495 e. The van der Waals surface area contributed by atoms with Gasteiger partial charge in [-0.05, 0) is 49.4 Å². The van der Waals surface area contributed by atoms with Crippen molar-refractivity contribution in [1.29, 1.82) is 0 Å². The van der Waals surface area contributed by atoms with Crippen LogP contribution in [0.5, 0.6) is 5.75 Å². The maximum absolute atomic E-state index is 12.5. The van der Waals surface area contributed by atoms with Crippen molar-refractivity contribution in [3.63, 3.8) is 0 Å². The van der Waals surface area contributed by atoms with Gasteiger partial charge in [-0.25, -0.2) is 13.1 Å². The molecule has 0 bridgehead atoms. The Balaban J connectivity index is 2.25. The molecule has 0 radical (unpaired) electrons. The Kier molecular flexibility index (Phi) is 7.27. The Hall–Kier alpha value is -2.75. The molecule has 0 saturated heterocycles. The molecule has 2 N–H and O–H groups in total. The molecule has 0 unspecified atom stereocenters. The molecule has 28 heavy (non-hydrogen) atoms. The summed E-state index contributed by atoms with van der Waals surface area (Å²) < 4.78 is 37.4. The lowest BCUT2D eigenvalue weighted by Gasteiger charge is -2.12. The highest BCUT2D eigenvalue weighted by molar-refractivity contribution is 7.89. The lowest BCUT2D eigenvalue weighted by atomic mass is 10.1. The minimum absolute atomic E-state index is 0.0798. The summed E-state index contributed by atoms with van der Waals surface area (Å²) in [6, 6.07) is 10.5. The number of ketones is 1. The molecular weight excluding hydrogens is 384 g/mol. The number of rotatable bonds is 9. The molecule has 0 atom stereocenters. The molecule has 0 aromatic heterocycles. The zero-order valence-corrected chi connectivity index (χ0v) is 16.6. The van der Waals surface area contributed by atoms with Gasteiger partial charge in [0.2, 0.25) is 10.0 Å². The zero-order chi connectivity index (χ0) is 20.7. The SMILES string of the molecule is COCCNS(=O)(=O)c1cc(C(=O)Nc2ccc(C(C)=O)cc2)ccc1OC. The Morgan fingerprint density at radius 3 is 2.21 bits per heavy atom. The van der Waals surface area contributed by atoms with Crippen molar-refractivity contribution < 1.29 is 27.5 Å². The Labute approximate surface area is 163 Å². The number of carbonyl (C=O) groups excluding carboxylic acids is 2. The summed E-state index contributed by atoms with van der Waals surface area (Å²) in [5, 5.41) is 2.67. The predicted octanol–water partition coefficient (Wildman–Crippen LogP) is 2.07. The Morgan fingerprint density at radius 1 is 1.00 bits per heavy atom. The summed E-state index contributed by atoms with van der Waals surface area (Å²) in [5.74, 6) is -0.456. The number of anilines is 1. The van der Waals surface area contributed by atoms with Gasteiger partial charge < -0.3 is 14.8 Å². The van der Waals surface area contributed by atoms with Crippen LogP contribution >= 0.6 is 0 Å². The van der Waals surface area contributed by atoms with Crippen LogP contribution in [0.1, 0.15) is 27.6 Å². The van der Waals surface area contributed by atoms with E-state index in [1.54, 1.807) is 24.3 Å². The second-order valence-corrected chi connectivity index (χ2v) is 7.58. The third-order valence-electron chi connectivity index (χ3n) is 3.86. The molecule has 0 spiro atoms. The van der Waals surface area contributed by atoms with Gasteiger partial charge >= 0.3 is 0 Å². The minimum atomic E-state index is -3.89. The second-order valence-electron chi connectivity index (χ2n) is 5.84. The van der Waals surface area contributed by atoms with Crippen LogP contribution in [0.3, 0.4) is 0 Å². The normalized spacial score (nSPS) is 11.1. The number of benzene rings is 2. The van der Waals surface area contributed by atoms with E-state index >= 15 is 0 Å². The van der Waals surface area contributed by atoms with Crippen LogP contribution in [0, 0.1) is 0 Å². The molecule has 0 aliphatic carbocycles. The van der Waals surface area contributed by atoms with E-state index in [1.165, 1.54) is 39.3 Å². The van der Waals surface area contributed by atoms with Crippen molar-refractivity contribution in [2.24, 2.45) is 0 Å².